The largest absolute Gasteiger partial charge is 0.492 e. The maximum atomic E-state index is 13.2. The van der Waals surface area contributed by atoms with Crippen LogP contribution in [0.4, 0.5) is 15.8 Å². The van der Waals surface area contributed by atoms with Gasteiger partial charge in [-0.15, -0.1) is 0 Å². The molecule has 0 aliphatic carbocycles. The van der Waals surface area contributed by atoms with Crippen LogP contribution in [0.15, 0.2) is 42.5 Å². The van der Waals surface area contributed by atoms with E-state index in [0.29, 0.717) is 24.6 Å². The third kappa shape index (κ3) is 3.92. The van der Waals surface area contributed by atoms with Gasteiger partial charge in [-0.3, -0.25) is 10.1 Å². The van der Waals surface area contributed by atoms with Crippen molar-refractivity contribution in [3.05, 3.63) is 64.0 Å². The maximum absolute atomic E-state index is 13.2. The van der Waals surface area contributed by atoms with E-state index in [0.717, 1.165) is 5.56 Å². The molecule has 0 spiro atoms. The molecule has 110 valence electrons. The molecular weight excluding hydrogens is 275 g/mol. The fourth-order valence-electron chi connectivity index (χ4n) is 1.89. The Kier molecular flexibility index (Phi) is 4.71. The highest BCUT2D eigenvalue weighted by Crippen LogP contribution is 2.26. The lowest BCUT2D eigenvalue weighted by atomic mass is 10.2. The second kappa shape index (κ2) is 6.69. The van der Waals surface area contributed by atoms with Gasteiger partial charge in [0, 0.05) is 24.7 Å². The Labute approximate surface area is 121 Å². The van der Waals surface area contributed by atoms with E-state index >= 15 is 0 Å². The summed E-state index contributed by atoms with van der Waals surface area (Å²) in [5, 5.41) is 13.8. The fourth-order valence-corrected chi connectivity index (χ4v) is 1.89. The van der Waals surface area contributed by atoms with Gasteiger partial charge in [0.15, 0.2) is 0 Å². The third-order valence-corrected chi connectivity index (χ3v) is 2.85. The molecule has 1 N–H and O–H groups in total. The minimum absolute atomic E-state index is 0.0402. The minimum Gasteiger partial charge on any atom is -0.492 e. The number of nitrogens with zero attached hydrogens (tertiary/aromatic N) is 1. The molecule has 0 aliphatic rings. The van der Waals surface area contributed by atoms with E-state index in [-0.39, 0.29) is 11.5 Å². The molecule has 21 heavy (non-hydrogen) atoms. The quantitative estimate of drug-likeness (QED) is 0.650. The van der Waals surface area contributed by atoms with E-state index in [4.69, 9.17) is 4.74 Å². The number of benzene rings is 2. The molecule has 0 saturated carbocycles. The van der Waals surface area contributed by atoms with Crippen LogP contribution < -0.4 is 10.1 Å². The summed E-state index contributed by atoms with van der Waals surface area (Å²) in [5.41, 5.74) is 1.44. The molecule has 0 atom stereocenters. The number of non-ortho nitro benzene ring substituents is 1. The highest BCUT2D eigenvalue weighted by atomic mass is 19.1. The van der Waals surface area contributed by atoms with Crippen molar-refractivity contribution < 1.29 is 14.1 Å². The number of ether oxygens (including phenoxy) is 1. The minimum atomic E-state index is -0.437. The summed E-state index contributed by atoms with van der Waals surface area (Å²) in [4.78, 5) is 10.3. The Morgan fingerprint density at radius 1 is 1.29 bits per heavy atom. The Morgan fingerprint density at radius 3 is 2.81 bits per heavy atom. The van der Waals surface area contributed by atoms with E-state index in [1.807, 2.05) is 6.92 Å². The summed E-state index contributed by atoms with van der Waals surface area (Å²) in [6, 6.07) is 10.6. The molecule has 5 nitrogen and oxygen atoms in total. The van der Waals surface area contributed by atoms with Gasteiger partial charge in [0.2, 0.25) is 0 Å². The van der Waals surface area contributed by atoms with Crippen molar-refractivity contribution in [2.45, 2.75) is 13.5 Å². The molecule has 0 unspecified atom stereocenters. The number of nitrogens with one attached hydrogen (secondary N) is 1. The zero-order chi connectivity index (χ0) is 15.2. The van der Waals surface area contributed by atoms with Gasteiger partial charge in [0.05, 0.1) is 17.2 Å². The first-order valence-corrected chi connectivity index (χ1v) is 6.49. The summed E-state index contributed by atoms with van der Waals surface area (Å²) < 4.78 is 18.6. The lowest BCUT2D eigenvalue weighted by molar-refractivity contribution is -0.384. The average molecular weight is 290 g/mol. The maximum Gasteiger partial charge on any atom is 0.269 e. The number of hydrogen-bond donors (Lipinski definition) is 1. The topological polar surface area (TPSA) is 64.4 Å². The first kappa shape index (κ1) is 14.8. The molecule has 2 rings (SSSR count). The van der Waals surface area contributed by atoms with E-state index < -0.39 is 4.92 Å². The van der Waals surface area contributed by atoms with Gasteiger partial charge in [0.1, 0.15) is 11.6 Å². The molecule has 0 heterocycles. The van der Waals surface area contributed by atoms with E-state index in [1.54, 1.807) is 18.2 Å². The van der Waals surface area contributed by atoms with Crippen molar-refractivity contribution in [2.24, 2.45) is 0 Å². The third-order valence-electron chi connectivity index (χ3n) is 2.85. The van der Waals surface area contributed by atoms with Crippen LogP contribution in [0.5, 0.6) is 5.75 Å². The van der Waals surface area contributed by atoms with Crippen molar-refractivity contribution in [3.63, 3.8) is 0 Å². The smallest absolute Gasteiger partial charge is 0.269 e. The Morgan fingerprint density at radius 2 is 2.10 bits per heavy atom. The number of halogens is 1. The summed E-state index contributed by atoms with van der Waals surface area (Å²) in [6.07, 6.45) is 0. The molecular formula is C15H15FN2O3. The van der Waals surface area contributed by atoms with E-state index in [9.17, 15) is 14.5 Å². The monoisotopic (exact) mass is 290 g/mol. The van der Waals surface area contributed by atoms with Gasteiger partial charge in [-0.2, -0.15) is 0 Å². The van der Waals surface area contributed by atoms with Crippen LogP contribution in [-0.2, 0) is 6.54 Å². The Hall–Kier alpha value is -2.63. The van der Waals surface area contributed by atoms with Crippen LogP contribution >= 0.6 is 0 Å². The SMILES string of the molecule is CCOc1cc(F)ccc1NCc1cccc([N+](=O)[O-])c1. The number of anilines is 1. The van der Waals surface area contributed by atoms with Gasteiger partial charge >= 0.3 is 0 Å². The van der Waals surface area contributed by atoms with Crippen molar-refractivity contribution in [2.75, 3.05) is 11.9 Å². The van der Waals surface area contributed by atoms with Crippen LogP contribution in [-0.4, -0.2) is 11.5 Å². The van der Waals surface area contributed by atoms with Crippen molar-refractivity contribution >= 4 is 11.4 Å². The van der Waals surface area contributed by atoms with Gasteiger partial charge < -0.3 is 10.1 Å². The van der Waals surface area contributed by atoms with E-state index in [2.05, 4.69) is 5.32 Å². The molecule has 0 saturated heterocycles. The predicted molar refractivity (Wildman–Crippen MR) is 78.0 cm³/mol. The lowest BCUT2D eigenvalue weighted by Crippen LogP contribution is -2.03. The summed E-state index contributed by atoms with van der Waals surface area (Å²) >= 11 is 0. The molecule has 0 amide bonds. The number of hydrogen-bond acceptors (Lipinski definition) is 4. The molecule has 2 aromatic carbocycles. The first-order valence-electron chi connectivity index (χ1n) is 6.49. The van der Waals surface area contributed by atoms with Crippen LogP contribution in [0, 0.1) is 15.9 Å². The number of rotatable bonds is 6. The van der Waals surface area contributed by atoms with Gasteiger partial charge in [0.25, 0.3) is 5.69 Å². The second-order valence-electron chi connectivity index (χ2n) is 4.35. The van der Waals surface area contributed by atoms with Gasteiger partial charge in [-0.1, -0.05) is 12.1 Å². The van der Waals surface area contributed by atoms with E-state index in [1.165, 1.54) is 24.3 Å². The lowest BCUT2D eigenvalue weighted by Gasteiger charge is -2.12. The molecule has 0 bridgehead atoms. The molecule has 6 heteroatoms. The molecule has 2 aromatic rings. The fraction of sp³-hybridized carbons (Fsp3) is 0.200. The summed E-state index contributed by atoms with van der Waals surface area (Å²) in [6.45, 7) is 2.62. The van der Waals surface area contributed by atoms with Crippen molar-refractivity contribution in [1.29, 1.82) is 0 Å². The Bertz CT molecular complexity index is 647. The summed E-state index contributed by atoms with van der Waals surface area (Å²) in [5.74, 6) is 0.0438. The predicted octanol–water partition coefficient (Wildman–Crippen LogP) is 3.74. The molecule has 0 fully saturated rings. The van der Waals surface area contributed by atoms with Crippen LogP contribution in [0.2, 0.25) is 0 Å². The molecule has 0 aliphatic heterocycles. The Balaban J connectivity index is 2.12. The van der Waals surface area contributed by atoms with Crippen LogP contribution in [0.3, 0.4) is 0 Å². The molecule has 0 radical (unpaired) electrons. The zero-order valence-electron chi connectivity index (χ0n) is 11.5. The zero-order valence-corrected chi connectivity index (χ0v) is 11.5. The van der Waals surface area contributed by atoms with Crippen LogP contribution in [0.25, 0.3) is 0 Å². The van der Waals surface area contributed by atoms with Gasteiger partial charge in [-0.25, -0.2) is 4.39 Å². The summed E-state index contributed by atoms with van der Waals surface area (Å²) in [7, 11) is 0. The average Bonchev–Trinajstić information content (AvgIpc) is 2.47. The van der Waals surface area contributed by atoms with Crippen molar-refractivity contribution in [1.82, 2.24) is 0 Å². The number of nitro groups is 1. The highest BCUT2D eigenvalue weighted by molar-refractivity contribution is 5.56. The van der Waals surface area contributed by atoms with Gasteiger partial charge in [-0.05, 0) is 24.6 Å². The standard InChI is InChI=1S/C15H15FN2O3/c1-2-21-15-9-12(16)6-7-14(15)17-10-11-4-3-5-13(8-11)18(19)20/h3-9,17H,2,10H2,1H3. The highest BCUT2D eigenvalue weighted by Gasteiger charge is 2.08. The molecule has 0 aromatic heterocycles. The van der Waals surface area contributed by atoms with Crippen molar-refractivity contribution in [3.8, 4) is 5.75 Å². The first-order chi connectivity index (χ1) is 10.1. The second-order valence-corrected chi connectivity index (χ2v) is 4.35. The number of nitro benzene ring substituents is 1. The van der Waals surface area contributed by atoms with Crippen LogP contribution in [0.1, 0.15) is 12.5 Å². The normalized spacial score (nSPS) is 10.2.